The van der Waals surface area contributed by atoms with Gasteiger partial charge in [-0.2, -0.15) is 0 Å². The van der Waals surface area contributed by atoms with Crippen molar-refractivity contribution in [2.24, 2.45) is 11.8 Å². The highest BCUT2D eigenvalue weighted by Crippen LogP contribution is 2.37. The van der Waals surface area contributed by atoms with Gasteiger partial charge < -0.3 is 28.4 Å². The van der Waals surface area contributed by atoms with Crippen molar-refractivity contribution < 1.29 is 33.1 Å². The predicted molar refractivity (Wildman–Crippen MR) is 133 cm³/mol. The number of esters is 1. The number of benzene rings is 1. The molecule has 2 fully saturated rings. The number of fused-ring (bicyclic) bond motifs is 1. The van der Waals surface area contributed by atoms with Gasteiger partial charge in [-0.15, -0.1) is 0 Å². The van der Waals surface area contributed by atoms with E-state index < -0.39 is 5.60 Å². The summed E-state index contributed by atoms with van der Waals surface area (Å²) in [5.41, 5.74) is 0.138. The van der Waals surface area contributed by atoms with Gasteiger partial charge in [-0.1, -0.05) is 6.07 Å². The first kappa shape index (κ1) is 26.1. The summed E-state index contributed by atoms with van der Waals surface area (Å²) in [5, 5.41) is 4.91. The van der Waals surface area contributed by atoms with E-state index in [1.807, 2.05) is 39.0 Å². The standard InChI is InChI=1S/C27H38N2O7/c1-18(30)32-16-19-8-10-21(11-9-19)34-22-6-5-7-23-24(22)25(28-36-23)33-17-20-12-14-29(15-13-20)26(31)35-27(2,3)4/h5-7,19-21H,8-17H2,1-4H3/t19-,21+. The number of rotatable bonds is 7. The van der Waals surface area contributed by atoms with Crippen molar-refractivity contribution in [1.82, 2.24) is 10.1 Å². The van der Waals surface area contributed by atoms with Crippen LogP contribution in [0.1, 0.15) is 66.2 Å². The molecule has 1 aliphatic carbocycles. The lowest BCUT2D eigenvalue weighted by Crippen LogP contribution is -2.42. The Kier molecular flexibility index (Phi) is 8.26. The lowest BCUT2D eigenvalue weighted by atomic mass is 9.88. The Labute approximate surface area is 212 Å². The van der Waals surface area contributed by atoms with Gasteiger partial charge in [-0.25, -0.2) is 4.79 Å². The average Bonchev–Trinajstić information content (AvgIpc) is 3.26. The van der Waals surface area contributed by atoms with Crippen LogP contribution in [-0.2, 0) is 14.3 Å². The van der Waals surface area contributed by atoms with Gasteiger partial charge in [-0.3, -0.25) is 4.79 Å². The van der Waals surface area contributed by atoms with Crippen LogP contribution in [0.15, 0.2) is 22.7 Å². The first-order valence-electron chi connectivity index (χ1n) is 13.0. The van der Waals surface area contributed by atoms with Gasteiger partial charge in [0.15, 0.2) is 5.58 Å². The predicted octanol–water partition coefficient (Wildman–Crippen LogP) is 5.35. The molecule has 198 valence electrons. The smallest absolute Gasteiger partial charge is 0.410 e. The van der Waals surface area contributed by atoms with E-state index >= 15 is 0 Å². The number of amides is 1. The highest BCUT2D eigenvalue weighted by atomic mass is 16.6. The van der Waals surface area contributed by atoms with Crippen LogP contribution in [-0.4, -0.2) is 60.1 Å². The minimum atomic E-state index is -0.492. The molecule has 1 saturated heterocycles. The van der Waals surface area contributed by atoms with E-state index in [0.717, 1.165) is 43.9 Å². The summed E-state index contributed by atoms with van der Waals surface area (Å²) in [6, 6.07) is 5.68. The first-order valence-corrected chi connectivity index (χ1v) is 13.0. The molecule has 0 spiro atoms. The monoisotopic (exact) mass is 502 g/mol. The van der Waals surface area contributed by atoms with Crippen LogP contribution in [0.2, 0.25) is 0 Å². The molecule has 0 unspecified atom stereocenters. The fourth-order valence-electron chi connectivity index (χ4n) is 4.77. The molecule has 2 aliphatic rings. The van der Waals surface area contributed by atoms with E-state index in [2.05, 4.69) is 5.16 Å². The van der Waals surface area contributed by atoms with Crippen LogP contribution in [0, 0.1) is 11.8 Å². The summed E-state index contributed by atoms with van der Waals surface area (Å²) >= 11 is 0. The van der Waals surface area contributed by atoms with Crippen LogP contribution in [0.4, 0.5) is 4.79 Å². The fraction of sp³-hybridized carbons (Fsp3) is 0.667. The summed E-state index contributed by atoms with van der Waals surface area (Å²) in [5.74, 6) is 1.64. The molecule has 0 bridgehead atoms. The van der Waals surface area contributed by atoms with Crippen molar-refractivity contribution in [2.45, 2.75) is 77.9 Å². The molecule has 1 aromatic heterocycles. The maximum atomic E-state index is 12.3. The SMILES string of the molecule is CC(=O)OC[C@H]1CC[C@@H](Oc2cccc3onc(OCC4CCN(C(=O)OC(C)(C)C)CC4)c23)CC1. The first-order chi connectivity index (χ1) is 17.2. The molecule has 2 heterocycles. The Balaban J connectivity index is 1.30. The second kappa shape index (κ2) is 11.4. The molecule has 2 aromatic rings. The van der Waals surface area contributed by atoms with Gasteiger partial charge >= 0.3 is 12.1 Å². The maximum absolute atomic E-state index is 12.3. The highest BCUT2D eigenvalue weighted by molar-refractivity contribution is 5.88. The number of nitrogens with zero attached hydrogens (tertiary/aromatic N) is 2. The molecule has 1 saturated carbocycles. The Morgan fingerprint density at radius 1 is 1.03 bits per heavy atom. The van der Waals surface area contributed by atoms with E-state index in [9.17, 15) is 9.59 Å². The zero-order valence-corrected chi connectivity index (χ0v) is 21.8. The third kappa shape index (κ3) is 7.04. The van der Waals surface area contributed by atoms with E-state index in [1.165, 1.54) is 6.92 Å². The van der Waals surface area contributed by atoms with E-state index in [-0.39, 0.29) is 18.2 Å². The minimum Gasteiger partial charge on any atom is -0.489 e. The summed E-state index contributed by atoms with van der Waals surface area (Å²) in [7, 11) is 0. The molecule has 0 atom stereocenters. The van der Waals surface area contributed by atoms with Gasteiger partial charge in [0.1, 0.15) is 16.7 Å². The highest BCUT2D eigenvalue weighted by Gasteiger charge is 2.28. The van der Waals surface area contributed by atoms with Gasteiger partial charge in [-0.05, 0) is 88.4 Å². The van der Waals surface area contributed by atoms with Crippen LogP contribution < -0.4 is 9.47 Å². The van der Waals surface area contributed by atoms with E-state index in [4.69, 9.17) is 23.5 Å². The molecule has 1 aromatic carbocycles. The van der Waals surface area contributed by atoms with Crippen molar-refractivity contribution in [3.8, 4) is 11.6 Å². The Morgan fingerprint density at radius 2 is 1.72 bits per heavy atom. The number of piperidine rings is 1. The third-order valence-electron chi connectivity index (χ3n) is 6.76. The zero-order valence-electron chi connectivity index (χ0n) is 21.8. The summed E-state index contributed by atoms with van der Waals surface area (Å²) in [6.45, 7) is 9.36. The van der Waals surface area contributed by atoms with E-state index in [0.29, 0.717) is 55.4 Å². The van der Waals surface area contributed by atoms with Gasteiger partial charge in [0.25, 0.3) is 5.88 Å². The van der Waals surface area contributed by atoms with Crippen LogP contribution in [0.3, 0.4) is 0 Å². The van der Waals surface area contributed by atoms with Gasteiger partial charge in [0.05, 0.1) is 19.3 Å². The number of likely N-dealkylation sites (tertiary alicyclic amines) is 1. The maximum Gasteiger partial charge on any atom is 0.410 e. The summed E-state index contributed by atoms with van der Waals surface area (Å²) < 4.78 is 28.6. The molecule has 36 heavy (non-hydrogen) atoms. The molecule has 9 heteroatoms. The van der Waals surface area contributed by atoms with E-state index in [1.54, 1.807) is 4.90 Å². The van der Waals surface area contributed by atoms with Crippen LogP contribution >= 0.6 is 0 Å². The normalized spacial score (nSPS) is 21.3. The second-order valence-corrected chi connectivity index (χ2v) is 10.9. The topological polar surface area (TPSA) is 100 Å². The molecule has 1 amide bonds. The van der Waals surface area contributed by atoms with Crippen molar-refractivity contribution in [3.63, 3.8) is 0 Å². The molecule has 0 radical (unpaired) electrons. The second-order valence-electron chi connectivity index (χ2n) is 10.9. The fourth-order valence-corrected chi connectivity index (χ4v) is 4.77. The Hall–Kier alpha value is -2.97. The van der Waals surface area contributed by atoms with Gasteiger partial charge in [0, 0.05) is 20.0 Å². The largest absolute Gasteiger partial charge is 0.489 e. The number of hydrogen-bond donors (Lipinski definition) is 0. The molecular formula is C27H38N2O7. The lowest BCUT2D eigenvalue weighted by molar-refractivity contribution is -0.142. The number of carbonyl (C=O) groups excluding carboxylic acids is 2. The van der Waals surface area contributed by atoms with Crippen LogP contribution in [0.25, 0.3) is 11.0 Å². The summed E-state index contributed by atoms with van der Waals surface area (Å²) in [6.07, 6.45) is 5.24. The van der Waals surface area contributed by atoms with Crippen molar-refractivity contribution in [1.29, 1.82) is 0 Å². The van der Waals surface area contributed by atoms with Crippen molar-refractivity contribution in [2.75, 3.05) is 26.3 Å². The molecule has 4 rings (SSSR count). The quantitative estimate of drug-likeness (QED) is 0.467. The van der Waals surface area contributed by atoms with Crippen molar-refractivity contribution in [3.05, 3.63) is 18.2 Å². The number of hydrogen-bond acceptors (Lipinski definition) is 8. The number of ether oxygens (including phenoxy) is 4. The molecule has 1 aliphatic heterocycles. The third-order valence-corrected chi connectivity index (χ3v) is 6.76. The van der Waals surface area contributed by atoms with Crippen LogP contribution in [0.5, 0.6) is 11.6 Å². The molecule has 9 nitrogen and oxygen atoms in total. The van der Waals surface area contributed by atoms with Crippen molar-refractivity contribution >= 4 is 23.0 Å². The minimum absolute atomic E-state index is 0.0871. The van der Waals surface area contributed by atoms with Gasteiger partial charge in [0.2, 0.25) is 0 Å². The number of carbonyl (C=O) groups is 2. The molecule has 0 N–H and O–H groups in total. The number of aromatic nitrogens is 1. The Morgan fingerprint density at radius 3 is 2.39 bits per heavy atom. The Bertz CT molecular complexity index is 1030. The zero-order chi connectivity index (χ0) is 25.7. The lowest BCUT2D eigenvalue weighted by Gasteiger charge is -2.33. The summed E-state index contributed by atoms with van der Waals surface area (Å²) in [4.78, 5) is 25.1. The molecular weight excluding hydrogens is 464 g/mol. The average molecular weight is 503 g/mol.